The standard InChI is InChI=1S/C13H18N4S2/c1-9(2)17-12(14-15-13(17)18)16(10-5-6-10)8-11-4-3-7-19-11/h3-4,7,9-10H,5-6,8H2,1-2H3,(H,15,18). The Bertz CT molecular complexity index is 592. The quantitative estimate of drug-likeness (QED) is 0.853. The summed E-state index contributed by atoms with van der Waals surface area (Å²) in [5, 5.41) is 9.52. The fourth-order valence-corrected chi connectivity index (χ4v) is 3.32. The summed E-state index contributed by atoms with van der Waals surface area (Å²) in [6.45, 7) is 5.21. The molecule has 0 amide bonds. The maximum atomic E-state index is 5.34. The maximum absolute atomic E-state index is 5.34. The van der Waals surface area contributed by atoms with Crippen LogP contribution in [0.15, 0.2) is 17.5 Å². The van der Waals surface area contributed by atoms with E-state index in [1.807, 2.05) is 0 Å². The van der Waals surface area contributed by atoms with Crippen LogP contribution in [0, 0.1) is 4.77 Å². The first kappa shape index (κ1) is 12.9. The molecule has 1 fully saturated rings. The van der Waals surface area contributed by atoms with E-state index in [-0.39, 0.29) is 0 Å². The number of H-pyrrole nitrogens is 1. The van der Waals surface area contributed by atoms with E-state index in [1.54, 1.807) is 11.3 Å². The lowest BCUT2D eigenvalue weighted by atomic mass is 10.3. The van der Waals surface area contributed by atoms with Gasteiger partial charge in [0.2, 0.25) is 5.95 Å². The van der Waals surface area contributed by atoms with Crippen LogP contribution in [0.1, 0.15) is 37.6 Å². The normalized spacial score (nSPS) is 15.1. The van der Waals surface area contributed by atoms with E-state index in [0.29, 0.717) is 16.9 Å². The molecule has 3 rings (SSSR count). The van der Waals surface area contributed by atoms with Crippen molar-refractivity contribution in [2.24, 2.45) is 0 Å². The number of aromatic nitrogens is 3. The van der Waals surface area contributed by atoms with E-state index < -0.39 is 0 Å². The van der Waals surface area contributed by atoms with Gasteiger partial charge in [0, 0.05) is 17.0 Å². The third-order valence-electron chi connectivity index (χ3n) is 3.35. The van der Waals surface area contributed by atoms with Crippen LogP contribution < -0.4 is 4.90 Å². The van der Waals surface area contributed by atoms with Crippen LogP contribution in [0.4, 0.5) is 5.95 Å². The number of nitrogens with zero attached hydrogens (tertiary/aromatic N) is 3. The highest BCUT2D eigenvalue weighted by Crippen LogP contribution is 2.33. The number of thiophene rings is 1. The molecule has 0 atom stereocenters. The van der Waals surface area contributed by atoms with Crippen molar-refractivity contribution in [1.82, 2.24) is 14.8 Å². The van der Waals surface area contributed by atoms with Crippen molar-refractivity contribution in [3.63, 3.8) is 0 Å². The lowest BCUT2D eigenvalue weighted by Gasteiger charge is -2.24. The van der Waals surface area contributed by atoms with Gasteiger partial charge in [-0.25, -0.2) is 5.10 Å². The Hall–Kier alpha value is -1.14. The number of hydrogen-bond donors (Lipinski definition) is 1. The minimum Gasteiger partial charge on any atom is -0.333 e. The van der Waals surface area contributed by atoms with Crippen molar-refractivity contribution in [3.05, 3.63) is 27.2 Å². The molecule has 2 aromatic rings. The molecule has 102 valence electrons. The molecule has 19 heavy (non-hydrogen) atoms. The summed E-state index contributed by atoms with van der Waals surface area (Å²) in [6.07, 6.45) is 2.51. The van der Waals surface area contributed by atoms with Crippen molar-refractivity contribution in [1.29, 1.82) is 0 Å². The maximum Gasteiger partial charge on any atom is 0.226 e. The van der Waals surface area contributed by atoms with Crippen LogP contribution in [0.25, 0.3) is 0 Å². The van der Waals surface area contributed by atoms with E-state index in [4.69, 9.17) is 12.2 Å². The molecule has 0 saturated heterocycles. The number of anilines is 1. The molecule has 2 heterocycles. The number of rotatable bonds is 5. The third-order valence-corrected chi connectivity index (χ3v) is 4.50. The molecule has 1 aliphatic rings. The fourth-order valence-electron chi connectivity index (χ4n) is 2.28. The SMILES string of the molecule is CC(C)n1c(N(Cc2cccs2)C2CC2)n[nH]c1=S. The molecular formula is C13H18N4S2. The molecule has 0 bridgehead atoms. The number of aromatic amines is 1. The van der Waals surface area contributed by atoms with Crippen LogP contribution >= 0.6 is 23.6 Å². The van der Waals surface area contributed by atoms with Gasteiger partial charge < -0.3 is 4.90 Å². The zero-order valence-electron chi connectivity index (χ0n) is 11.2. The molecule has 1 saturated carbocycles. The summed E-state index contributed by atoms with van der Waals surface area (Å²) < 4.78 is 2.82. The van der Waals surface area contributed by atoms with Crippen molar-refractivity contribution in [3.8, 4) is 0 Å². The van der Waals surface area contributed by atoms with Gasteiger partial charge in [-0.05, 0) is 50.4 Å². The molecule has 0 radical (unpaired) electrons. The largest absolute Gasteiger partial charge is 0.333 e. The summed E-state index contributed by atoms with van der Waals surface area (Å²) in [5.41, 5.74) is 0. The van der Waals surface area contributed by atoms with Gasteiger partial charge in [-0.15, -0.1) is 16.4 Å². The van der Waals surface area contributed by atoms with E-state index in [1.165, 1.54) is 17.7 Å². The fraction of sp³-hybridized carbons (Fsp3) is 0.538. The Morgan fingerprint density at radius 1 is 1.58 bits per heavy atom. The van der Waals surface area contributed by atoms with Gasteiger partial charge in [0.25, 0.3) is 0 Å². The minimum absolute atomic E-state index is 0.325. The average molecular weight is 294 g/mol. The Morgan fingerprint density at radius 3 is 2.95 bits per heavy atom. The second-order valence-corrected chi connectivity index (χ2v) is 6.65. The first-order chi connectivity index (χ1) is 9.16. The lowest BCUT2D eigenvalue weighted by Crippen LogP contribution is -2.28. The molecule has 0 aliphatic heterocycles. The smallest absolute Gasteiger partial charge is 0.226 e. The first-order valence-corrected chi connectivity index (χ1v) is 7.91. The molecule has 0 spiro atoms. The van der Waals surface area contributed by atoms with Gasteiger partial charge in [-0.2, -0.15) is 0 Å². The van der Waals surface area contributed by atoms with Gasteiger partial charge in [-0.3, -0.25) is 4.57 Å². The summed E-state index contributed by atoms with van der Waals surface area (Å²) in [4.78, 5) is 3.76. The van der Waals surface area contributed by atoms with Crippen LogP contribution in [0.3, 0.4) is 0 Å². The molecular weight excluding hydrogens is 276 g/mol. The zero-order chi connectivity index (χ0) is 13.4. The Morgan fingerprint density at radius 2 is 2.37 bits per heavy atom. The van der Waals surface area contributed by atoms with Gasteiger partial charge in [0.15, 0.2) is 4.77 Å². The van der Waals surface area contributed by atoms with Gasteiger partial charge in [0.05, 0.1) is 6.54 Å². The molecule has 0 unspecified atom stereocenters. The molecule has 4 nitrogen and oxygen atoms in total. The Labute approximate surface area is 122 Å². The molecule has 2 aromatic heterocycles. The summed E-state index contributed by atoms with van der Waals surface area (Å²) in [7, 11) is 0. The van der Waals surface area contributed by atoms with Crippen molar-refractivity contribution in [2.45, 2.75) is 45.3 Å². The highest BCUT2D eigenvalue weighted by Gasteiger charge is 2.32. The summed E-state index contributed by atoms with van der Waals surface area (Å²) in [6, 6.07) is 5.22. The predicted molar refractivity (Wildman–Crippen MR) is 81.3 cm³/mol. The zero-order valence-corrected chi connectivity index (χ0v) is 12.8. The highest BCUT2D eigenvalue weighted by molar-refractivity contribution is 7.71. The van der Waals surface area contributed by atoms with E-state index in [0.717, 1.165) is 12.5 Å². The lowest BCUT2D eigenvalue weighted by molar-refractivity contribution is 0.574. The number of hydrogen-bond acceptors (Lipinski definition) is 4. The average Bonchev–Trinajstić information content (AvgIpc) is 2.93. The second-order valence-electron chi connectivity index (χ2n) is 5.23. The second kappa shape index (κ2) is 5.09. The molecule has 1 N–H and O–H groups in total. The Balaban J connectivity index is 1.94. The monoisotopic (exact) mass is 294 g/mol. The van der Waals surface area contributed by atoms with Gasteiger partial charge in [-0.1, -0.05) is 6.07 Å². The molecule has 6 heteroatoms. The third kappa shape index (κ3) is 2.60. The van der Waals surface area contributed by atoms with Crippen molar-refractivity contribution >= 4 is 29.5 Å². The van der Waals surface area contributed by atoms with Crippen LogP contribution in [0.5, 0.6) is 0 Å². The highest BCUT2D eigenvalue weighted by atomic mass is 32.1. The van der Waals surface area contributed by atoms with Gasteiger partial charge in [0.1, 0.15) is 0 Å². The van der Waals surface area contributed by atoms with Crippen LogP contribution in [0.2, 0.25) is 0 Å². The van der Waals surface area contributed by atoms with Crippen molar-refractivity contribution < 1.29 is 0 Å². The van der Waals surface area contributed by atoms with Gasteiger partial charge >= 0.3 is 0 Å². The Kier molecular flexibility index (Phi) is 3.45. The molecule has 0 aromatic carbocycles. The predicted octanol–water partition coefficient (Wildman–Crippen LogP) is 3.75. The summed E-state index contributed by atoms with van der Waals surface area (Å²) >= 11 is 7.14. The van der Waals surface area contributed by atoms with Crippen LogP contribution in [-0.4, -0.2) is 20.8 Å². The van der Waals surface area contributed by atoms with E-state index >= 15 is 0 Å². The number of nitrogens with one attached hydrogen (secondary N) is 1. The van der Waals surface area contributed by atoms with E-state index in [9.17, 15) is 0 Å². The first-order valence-electron chi connectivity index (χ1n) is 6.62. The minimum atomic E-state index is 0.325. The summed E-state index contributed by atoms with van der Waals surface area (Å²) in [5.74, 6) is 0.982. The topological polar surface area (TPSA) is 36.9 Å². The van der Waals surface area contributed by atoms with Crippen molar-refractivity contribution in [2.75, 3.05) is 4.90 Å². The molecule has 1 aliphatic carbocycles. The van der Waals surface area contributed by atoms with Crippen LogP contribution in [-0.2, 0) is 6.54 Å². The van der Waals surface area contributed by atoms with E-state index in [2.05, 4.69) is 51.0 Å².